The summed E-state index contributed by atoms with van der Waals surface area (Å²) in [5, 5.41) is 2.80. The quantitative estimate of drug-likeness (QED) is 0.713. The number of likely N-dealkylation sites (tertiary alicyclic amines) is 1. The molecule has 1 N–H and O–H groups in total. The lowest BCUT2D eigenvalue weighted by Gasteiger charge is -2.19. The molecule has 0 atom stereocenters. The van der Waals surface area contributed by atoms with E-state index in [1.165, 1.54) is 37.6 Å². The number of amides is 1. The van der Waals surface area contributed by atoms with E-state index in [4.69, 9.17) is 0 Å². The van der Waals surface area contributed by atoms with Crippen molar-refractivity contribution in [2.24, 2.45) is 0 Å². The predicted molar refractivity (Wildman–Crippen MR) is 109 cm³/mol. The number of likely N-dealkylation sites (N-methyl/N-ethyl adjacent to an activating group) is 1. The number of carbonyl (C=O) groups is 1. The van der Waals surface area contributed by atoms with E-state index < -0.39 is 21.7 Å². The fourth-order valence-electron chi connectivity index (χ4n) is 3.39. The molecule has 0 saturated carbocycles. The summed E-state index contributed by atoms with van der Waals surface area (Å²) < 4.78 is 39.0. The molecule has 1 fully saturated rings. The first-order valence-corrected chi connectivity index (χ1v) is 11.1. The lowest BCUT2D eigenvalue weighted by molar-refractivity contribution is -0.121. The standard InChI is InChI=1S/C21H26FN3O3S/c1-24(29(27,28)20-10-8-19(22)9-11-20)16-21(26)23-14-17-6-2-3-7-18(17)15-25-12-4-5-13-25/h2-3,6-11H,4-5,12-16H2,1H3,(H,23,26). The average Bonchev–Trinajstić information content (AvgIpc) is 3.20. The van der Waals surface area contributed by atoms with Crippen LogP contribution >= 0.6 is 0 Å². The second kappa shape index (κ2) is 9.47. The molecule has 1 aliphatic heterocycles. The number of benzene rings is 2. The monoisotopic (exact) mass is 419 g/mol. The van der Waals surface area contributed by atoms with Gasteiger partial charge in [0.05, 0.1) is 11.4 Å². The summed E-state index contributed by atoms with van der Waals surface area (Å²) in [6.07, 6.45) is 2.43. The molecule has 156 valence electrons. The smallest absolute Gasteiger partial charge is 0.243 e. The lowest BCUT2D eigenvalue weighted by atomic mass is 10.1. The highest BCUT2D eigenvalue weighted by atomic mass is 32.2. The predicted octanol–water partition coefficient (Wildman–Crippen LogP) is 2.36. The van der Waals surface area contributed by atoms with Gasteiger partial charge in [-0.1, -0.05) is 24.3 Å². The van der Waals surface area contributed by atoms with Crippen LogP contribution in [0.1, 0.15) is 24.0 Å². The largest absolute Gasteiger partial charge is 0.351 e. The van der Waals surface area contributed by atoms with Crippen molar-refractivity contribution >= 4 is 15.9 Å². The first-order valence-electron chi connectivity index (χ1n) is 9.64. The molecule has 0 unspecified atom stereocenters. The Kier molecular flexibility index (Phi) is 7.00. The second-order valence-corrected chi connectivity index (χ2v) is 9.29. The molecule has 2 aromatic rings. The van der Waals surface area contributed by atoms with Gasteiger partial charge in [0.1, 0.15) is 5.82 Å². The summed E-state index contributed by atoms with van der Waals surface area (Å²) in [5.74, 6) is -0.911. The van der Waals surface area contributed by atoms with Crippen LogP contribution in [0.3, 0.4) is 0 Å². The van der Waals surface area contributed by atoms with Crippen molar-refractivity contribution in [2.45, 2.75) is 30.8 Å². The van der Waals surface area contributed by atoms with E-state index in [-0.39, 0.29) is 11.4 Å². The minimum atomic E-state index is -3.86. The molecule has 1 heterocycles. The molecule has 29 heavy (non-hydrogen) atoms. The van der Waals surface area contributed by atoms with Crippen LogP contribution in [0.25, 0.3) is 0 Å². The third-order valence-corrected chi connectivity index (χ3v) is 6.89. The van der Waals surface area contributed by atoms with Gasteiger partial charge in [-0.25, -0.2) is 12.8 Å². The highest BCUT2D eigenvalue weighted by molar-refractivity contribution is 7.89. The van der Waals surface area contributed by atoms with Gasteiger partial charge in [-0.3, -0.25) is 9.69 Å². The van der Waals surface area contributed by atoms with E-state index in [9.17, 15) is 17.6 Å². The van der Waals surface area contributed by atoms with Gasteiger partial charge in [0.25, 0.3) is 0 Å². The van der Waals surface area contributed by atoms with Crippen molar-refractivity contribution < 1.29 is 17.6 Å². The van der Waals surface area contributed by atoms with E-state index in [1.54, 1.807) is 0 Å². The van der Waals surface area contributed by atoms with Gasteiger partial charge in [-0.05, 0) is 61.3 Å². The van der Waals surface area contributed by atoms with Gasteiger partial charge >= 0.3 is 0 Å². The number of sulfonamides is 1. The topological polar surface area (TPSA) is 69.7 Å². The molecule has 0 aromatic heterocycles. The first-order chi connectivity index (χ1) is 13.9. The van der Waals surface area contributed by atoms with Crippen molar-refractivity contribution in [2.75, 3.05) is 26.7 Å². The first kappa shape index (κ1) is 21.4. The van der Waals surface area contributed by atoms with Gasteiger partial charge < -0.3 is 5.32 Å². The second-order valence-electron chi connectivity index (χ2n) is 7.24. The summed E-state index contributed by atoms with van der Waals surface area (Å²) in [7, 11) is -2.53. The van der Waals surface area contributed by atoms with Crippen LogP contribution in [0.2, 0.25) is 0 Å². The van der Waals surface area contributed by atoms with Crippen LogP contribution in [0.15, 0.2) is 53.4 Å². The van der Waals surface area contributed by atoms with E-state index >= 15 is 0 Å². The van der Waals surface area contributed by atoms with Crippen LogP contribution in [-0.2, 0) is 27.9 Å². The summed E-state index contributed by atoms with van der Waals surface area (Å²) >= 11 is 0. The Morgan fingerprint density at radius 3 is 2.34 bits per heavy atom. The van der Waals surface area contributed by atoms with E-state index in [0.29, 0.717) is 6.54 Å². The molecule has 0 radical (unpaired) electrons. The third-order valence-electron chi connectivity index (χ3n) is 5.08. The van der Waals surface area contributed by atoms with Crippen molar-refractivity contribution in [1.29, 1.82) is 0 Å². The van der Waals surface area contributed by atoms with Crippen LogP contribution in [-0.4, -0.2) is 50.2 Å². The molecular formula is C21H26FN3O3S. The summed E-state index contributed by atoms with van der Waals surface area (Å²) in [5.41, 5.74) is 2.19. The van der Waals surface area contributed by atoms with E-state index in [0.717, 1.165) is 41.6 Å². The lowest BCUT2D eigenvalue weighted by Crippen LogP contribution is -2.38. The number of nitrogens with one attached hydrogen (secondary N) is 1. The van der Waals surface area contributed by atoms with Gasteiger partial charge in [0.2, 0.25) is 15.9 Å². The Labute approximate surface area is 171 Å². The summed E-state index contributed by atoms with van der Waals surface area (Å²) in [6.45, 7) is 3.06. The number of hydrogen-bond donors (Lipinski definition) is 1. The summed E-state index contributed by atoms with van der Waals surface area (Å²) in [4.78, 5) is 14.7. The van der Waals surface area contributed by atoms with Crippen LogP contribution in [0.4, 0.5) is 4.39 Å². The van der Waals surface area contributed by atoms with E-state index in [1.807, 2.05) is 18.2 Å². The molecule has 0 aliphatic carbocycles. The van der Waals surface area contributed by atoms with Crippen LogP contribution in [0.5, 0.6) is 0 Å². The number of halogens is 1. The van der Waals surface area contributed by atoms with E-state index in [2.05, 4.69) is 16.3 Å². The van der Waals surface area contributed by atoms with Crippen LogP contribution < -0.4 is 5.32 Å². The Balaban J connectivity index is 1.58. The maximum absolute atomic E-state index is 13.0. The SMILES string of the molecule is CN(CC(=O)NCc1ccccc1CN1CCCC1)S(=O)(=O)c1ccc(F)cc1. The molecule has 2 aromatic carbocycles. The fraction of sp³-hybridized carbons (Fsp3) is 0.381. The third kappa shape index (κ3) is 5.62. The summed E-state index contributed by atoms with van der Waals surface area (Å²) in [6, 6.07) is 12.5. The molecular weight excluding hydrogens is 393 g/mol. The number of hydrogen-bond acceptors (Lipinski definition) is 4. The fourth-order valence-corrected chi connectivity index (χ4v) is 4.52. The number of rotatable bonds is 8. The maximum atomic E-state index is 13.0. The molecule has 6 nitrogen and oxygen atoms in total. The van der Waals surface area contributed by atoms with Gasteiger partial charge in [0, 0.05) is 20.1 Å². The zero-order valence-electron chi connectivity index (χ0n) is 16.5. The Bertz CT molecular complexity index is 942. The minimum absolute atomic E-state index is 0.0508. The van der Waals surface area contributed by atoms with Gasteiger partial charge in [-0.2, -0.15) is 4.31 Å². The van der Waals surface area contributed by atoms with Crippen molar-refractivity contribution in [1.82, 2.24) is 14.5 Å². The van der Waals surface area contributed by atoms with Crippen molar-refractivity contribution in [3.8, 4) is 0 Å². The zero-order chi connectivity index (χ0) is 20.9. The van der Waals surface area contributed by atoms with Crippen molar-refractivity contribution in [3.63, 3.8) is 0 Å². The molecule has 0 bridgehead atoms. The highest BCUT2D eigenvalue weighted by Gasteiger charge is 2.23. The average molecular weight is 420 g/mol. The Morgan fingerprint density at radius 2 is 1.69 bits per heavy atom. The maximum Gasteiger partial charge on any atom is 0.243 e. The number of nitrogens with zero attached hydrogens (tertiary/aromatic N) is 2. The molecule has 1 saturated heterocycles. The molecule has 1 aliphatic rings. The van der Waals surface area contributed by atoms with Crippen LogP contribution in [0, 0.1) is 5.82 Å². The Morgan fingerprint density at radius 1 is 1.07 bits per heavy atom. The Hall–Kier alpha value is -2.29. The normalized spacial score (nSPS) is 15.0. The molecule has 8 heteroatoms. The molecule has 3 rings (SSSR count). The highest BCUT2D eigenvalue weighted by Crippen LogP contribution is 2.17. The molecule has 0 spiro atoms. The minimum Gasteiger partial charge on any atom is -0.351 e. The molecule has 1 amide bonds. The van der Waals surface area contributed by atoms with Crippen molar-refractivity contribution in [3.05, 3.63) is 65.5 Å². The number of carbonyl (C=O) groups excluding carboxylic acids is 1. The van der Waals surface area contributed by atoms with Gasteiger partial charge in [0.15, 0.2) is 0 Å². The van der Waals surface area contributed by atoms with Gasteiger partial charge in [-0.15, -0.1) is 0 Å². The zero-order valence-corrected chi connectivity index (χ0v) is 17.3.